The molecule has 0 saturated heterocycles. The summed E-state index contributed by atoms with van der Waals surface area (Å²) >= 11 is 0. The van der Waals surface area contributed by atoms with Crippen LogP contribution in [0.1, 0.15) is 290 Å². The van der Waals surface area contributed by atoms with E-state index in [0.717, 1.165) is 109 Å². The number of ether oxygens (including phenoxy) is 3. The van der Waals surface area contributed by atoms with Crippen LogP contribution in [0.15, 0.2) is 85.1 Å². The smallest absolute Gasteiger partial charge is 0.306 e. The monoisotopic (exact) mass is 989 g/mol. The maximum Gasteiger partial charge on any atom is 0.306 e. The van der Waals surface area contributed by atoms with E-state index in [0.29, 0.717) is 19.3 Å². The van der Waals surface area contributed by atoms with Crippen LogP contribution in [0.4, 0.5) is 0 Å². The molecule has 0 aliphatic rings. The molecule has 0 unspecified atom stereocenters. The average molecular weight is 990 g/mol. The SMILES string of the molecule is CCCCC/C=C/C/C=C/C/C=C/C/C=C/CCCCCC(=O)OC[C@@H](COC(=O)CCCCCCCCCCCCCCCCCCC)OC(=O)CCCCCC/C=C/C/C=C/C/C=C/CCCCC. The fraction of sp³-hybridized carbons (Fsp3) is 0.738. The standard InChI is InChI=1S/C65H112O6/c1-4-7-10-13-16-19-22-25-28-31-32-35-37-40-43-46-49-52-55-58-64(67)70-61-62(71-65(68)59-56-53-50-47-44-41-38-34-30-27-24-21-18-15-12-9-6-3)60-69-63(66)57-54-51-48-45-42-39-36-33-29-26-23-20-17-14-11-8-5-2/h16,18-19,21,25,27-28,30,32,35,38,40-41,43,62H,4-15,17,20,22-24,26,29,31,33-34,36-37,39,42,44-61H2,1-3H3/b19-16+,21-18+,28-25+,30-27+,35-32+,41-38+,43-40+/t62-/m1/s1. The molecule has 0 spiro atoms. The van der Waals surface area contributed by atoms with Gasteiger partial charge < -0.3 is 14.2 Å². The average Bonchev–Trinajstić information content (AvgIpc) is 3.37. The van der Waals surface area contributed by atoms with Gasteiger partial charge in [-0.3, -0.25) is 14.4 Å². The molecule has 6 nitrogen and oxygen atoms in total. The lowest BCUT2D eigenvalue weighted by atomic mass is 10.0. The van der Waals surface area contributed by atoms with Gasteiger partial charge in [0.25, 0.3) is 0 Å². The first kappa shape index (κ1) is 67.6. The summed E-state index contributed by atoms with van der Waals surface area (Å²) in [6.45, 7) is 6.56. The number of carbonyl (C=O) groups is 3. The molecule has 0 aromatic heterocycles. The summed E-state index contributed by atoms with van der Waals surface area (Å²) in [5.74, 6) is -0.938. The minimum absolute atomic E-state index is 0.0941. The van der Waals surface area contributed by atoms with Crippen LogP contribution in [0.3, 0.4) is 0 Å². The minimum Gasteiger partial charge on any atom is -0.462 e. The van der Waals surface area contributed by atoms with Crippen LogP contribution in [0.25, 0.3) is 0 Å². The van der Waals surface area contributed by atoms with Gasteiger partial charge in [-0.05, 0) is 103 Å². The topological polar surface area (TPSA) is 78.9 Å². The number of carbonyl (C=O) groups excluding carboxylic acids is 3. The Morgan fingerprint density at radius 1 is 0.282 bits per heavy atom. The molecule has 0 aromatic carbocycles. The molecular weight excluding hydrogens is 877 g/mol. The van der Waals surface area contributed by atoms with Crippen LogP contribution in [0.2, 0.25) is 0 Å². The highest BCUT2D eigenvalue weighted by Crippen LogP contribution is 2.16. The number of unbranched alkanes of at least 4 members (excludes halogenated alkanes) is 29. The first-order chi connectivity index (χ1) is 35.0. The van der Waals surface area contributed by atoms with Crippen molar-refractivity contribution in [3.05, 3.63) is 85.1 Å². The predicted octanol–water partition coefficient (Wildman–Crippen LogP) is 20.3. The van der Waals surface area contributed by atoms with Crippen LogP contribution in [-0.4, -0.2) is 37.2 Å². The highest BCUT2D eigenvalue weighted by molar-refractivity contribution is 5.71. The number of allylic oxidation sites excluding steroid dienone is 14. The van der Waals surface area contributed by atoms with Gasteiger partial charge in [0.1, 0.15) is 13.2 Å². The van der Waals surface area contributed by atoms with Gasteiger partial charge in [-0.15, -0.1) is 0 Å². The van der Waals surface area contributed by atoms with E-state index in [2.05, 4.69) is 106 Å². The summed E-state index contributed by atoms with van der Waals surface area (Å²) in [5.41, 5.74) is 0. The Balaban J connectivity index is 4.47. The van der Waals surface area contributed by atoms with Gasteiger partial charge in [0.15, 0.2) is 6.10 Å². The molecule has 71 heavy (non-hydrogen) atoms. The number of hydrogen-bond donors (Lipinski definition) is 0. The summed E-state index contributed by atoms with van der Waals surface area (Å²) in [4.78, 5) is 38.2. The van der Waals surface area contributed by atoms with Crippen LogP contribution >= 0.6 is 0 Å². The molecule has 0 aliphatic heterocycles. The first-order valence-corrected chi connectivity index (χ1v) is 30.1. The molecule has 0 aromatic rings. The third kappa shape index (κ3) is 57.4. The molecule has 0 heterocycles. The van der Waals surface area contributed by atoms with Gasteiger partial charge in [-0.2, -0.15) is 0 Å². The molecule has 0 saturated carbocycles. The minimum atomic E-state index is -0.801. The lowest BCUT2D eigenvalue weighted by Gasteiger charge is -2.18. The second-order valence-electron chi connectivity index (χ2n) is 19.9. The summed E-state index contributed by atoms with van der Waals surface area (Å²) < 4.78 is 16.9. The van der Waals surface area contributed by atoms with Crippen molar-refractivity contribution in [2.24, 2.45) is 0 Å². The Morgan fingerprint density at radius 2 is 0.507 bits per heavy atom. The van der Waals surface area contributed by atoms with E-state index in [1.165, 1.54) is 141 Å². The van der Waals surface area contributed by atoms with Crippen molar-refractivity contribution in [2.45, 2.75) is 297 Å². The van der Waals surface area contributed by atoms with Crippen LogP contribution < -0.4 is 0 Å². The largest absolute Gasteiger partial charge is 0.462 e. The van der Waals surface area contributed by atoms with Crippen molar-refractivity contribution >= 4 is 17.9 Å². The summed E-state index contributed by atoms with van der Waals surface area (Å²) in [6, 6.07) is 0. The number of hydrogen-bond acceptors (Lipinski definition) is 6. The van der Waals surface area contributed by atoms with Gasteiger partial charge in [0.05, 0.1) is 0 Å². The molecular formula is C65H112O6. The van der Waals surface area contributed by atoms with E-state index in [-0.39, 0.29) is 31.1 Å². The molecule has 0 aliphatic carbocycles. The van der Waals surface area contributed by atoms with Crippen molar-refractivity contribution in [1.29, 1.82) is 0 Å². The molecule has 0 bridgehead atoms. The van der Waals surface area contributed by atoms with Gasteiger partial charge in [0, 0.05) is 19.3 Å². The molecule has 1 atom stereocenters. The van der Waals surface area contributed by atoms with E-state index in [9.17, 15) is 14.4 Å². The zero-order valence-corrected chi connectivity index (χ0v) is 46.7. The Bertz CT molecular complexity index is 1370. The van der Waals surface area contributed by atoms with Crippen molar-refractivity contribution in [1.82, 2.24) is 0 Å². The highest BCUT2D eigenvalue weighted by atomic mass is 16.6. The zero-order chi connectivity index (χ0) is 51.4. The van der Waals surface area contributed by atoms with Gasteiger partial charge in [-0.25, -0.2) is 0 Å². The van der Waals surface area contributed by atoms with Gasteiger partial charge in [0.2, 0.25) is 0 Å². The van der Waals surface area contributed by atoms with Crippen molar-refractivity contribution in [3.8, 4) is 0 Å². The van der Waals surface area contributed by atoms with Crippen molar-refractivity contribution in [2.75, 3.05) is 13.2 Å². The number of esters is 3. The van der Waals surface area contributed by atoms with E-state index in [1.807, 2.05) is 0 Å². The lowest BCUT2D eigenvalue weighted by molar-refractivity contribution is -0.167. The first-order valence-electron chi connectivity index (χ1n) is 30.1. The molecule has 0 rings (SSSR count). The van der Waals surface area contributed by atoms with Crippen LogP contribution in [0, 0.1) is 0 Å². The zero-order valence-electron chi connectivity index (χ0n) is 46.7. The predicted molar refractivity (Wildman–Crippen MR) is 307 cm³/mol. The summed E-state index contributed by atoms with van der Waals surface area (Å²) in [6.07, 6.45) is 77.1. The quantitative estimate of drug-likeness (QED) is 0.0261. The van der Waals surface area contributed by atoms with Crippen molar-refractivity contribution in [3.63, 3.8) is 0 Å². The second kappa shape index (κ2) is 59.2. The Hall–Kier alpha value is -3.41. The fourth-order valence-electron chi connectivity index (χ4n) is 8.32. The van der Waals surface area contributed by atoms with E-state index < -0.39 is 6.10 Å². The molecule has 0 N–H and O–H groups in total. The lowest BCUT2D eigenvalue weighted by Crippen LogP contribution is -2.30. The number of rotatable bonds is 54. The maximum absolute atomic E-state index is 12.9. The van der Waals surface area contributed by atoms with Gasteiger partial charge in [-0.1, -0.05) is 254 Å². The van der Waals surface area contributed by atoms with Crippen molar-refractivity contribution < 1.29 is 28.6 Å². The highest BCUT2D eigenvalue weighted by Gasteiger charge is 2.19. The Kier molecular flexibility index (Phi) is 56.3. The molecule has 0 radical (unpaired) electrons. The van der Waals surface area contributed by atoms with E-state index in [4.69, 9.17) is 14.2 Å². The van der Waals surface area contributed by atoms with E-state index in [1.54, 1.807) is 0 Å². The Labute approximate surface area is 439 Å². The normalized spacial score (nSPS) is 12.7. The van der Waals surface area contributed by atoms with Crippen LogP contribution in [-0.2, 0) is 28.6 Å². The second-order valence-corrected chi connectivity index (χ2v) is 19.9. The fourth-order valence-corrected chi connectivity index (χ4v) is 8.32. The summed E-state index contributed by atoms with van der Waals surface area (Å²) in [7, 11) is 0. The Morgan fingerprint density at radius 3 is 0.831 bits per heavy atom. The summed E-state index contributed by atoms with van der Waals surface area (Å²) in [5, 5.41) is 0. The maximum atomic E-state index is 12.9. The molecule has 0 fully saturated rings. The molecule has 6 heteroatoms. The third-order valence-corrected chi connectivity index (χ3v) is 12.9. The van der Waals surface area contributed by atoms with Crippen LogP contribution in [0.5, 0.6) is 0 Å². The third-order valence-electron chi connectivity index (χ3n) is 12.9. The molecule has 408 valence electrons. The van der Waals surface area contributed by atoms with E-state index >= 15 is 0 Å². The van der Waals surface area contributed by atoms with Gasteiger partial charge >= 0.3 is 17.9 Å². The molecule has 0 amide bonds.